The van der Waals surface area contributed by atoms with Gasteiger partial charge in [0.05, 0.1) is 6.54 Å². The van der Waals surface area contributed by atoms with Crippen LogP contribution in [0.15, 0.2) is 17.2 Å². The van der Waals surface area contributed by atoms with Gasteiger partial charge in [-0.3, -0.25) is 9.36 Å². The molecule has 74 valence electrons. The molecule has 0 aromatic carbocycles. The molecule has 0 fully saturated rings. The molecule has 0 saturated heterocycles. The number of imidazole rings is 1. The van der Waals surface area contributed by atoms with Crippen molar-refractivity contribution in [3.63, 3.8) is 0 Å². The molecule has 0 aliphatic rings. The van der Waals surface area contributed by atoms with E-state index in [-0.39, 0.29) is 24.7 Å². The summed E-state index contributed by atoms with van der Waals surface area (Å²) < 4.78 is 2.71. The Bertz CT molecular complexity index is 422. The van der Waals surface area contributed by atoms with Gasteiger partial charge in [0.2, 0.25) is 5.91 Å². The lowest BCUT2D eigenvalue weighted by Crippen LogP contribution is -2.32. The lowest BCUT2D eigenvalue weighted by molar-refractivity contribution is -0.121. The van der Waals surface area contributed by atoms with Crippen LogP contribution in [0, 0.1) is 12.3 Å². The maximum Gasteiger partial charge on any atom is 0.328 e. The van der Waals surface area contributed by atoms with Crippen LogP contribution in [0.1, 0.15) is 0 Å². The van der Waals surface area contributed by atoms with Gasteiger partial charge in [0.25, 0.3) is 0 Å². The minimum Gasteiger partial charge on any atom is -0.344 e. The predicted molar refractivity (Wildman–Crippen MR) is 51.5 cm³/mol. The van der Waals surface area contributed by atoms with Crippen molar-refractivity contribution in [3.8, 4) is 12.3 Å². The lowest BCUT2D eigenvalue weighted by Gasteiger charge is -2.00. The number of nitrogens with one attached hydrogen (secondary N) is 1. The van der Waals surface area contributed by atoms with Crippen molar-refractivity contribution in [1.82, 2.24) is 14.5 Å². The Kier molecular flexibility index (Phi) is 3.13. The third kappa shape index (κ3) is 2.26. The zero-order valence-corrected chi connectivity index (χ0v) is 7.86. The van der Waals surface area contributed by atoms with E-state index in [0.29, 0.717) is 0 Å². The summed E-state index contributed by atoms with van der Waals surface area (Å²) in [6.07, 6.45) is 8.11. The fourth-order valence-electron chi connectivity index (χ4n) is 0.991. The number of carbonyl (C=O) groups excluding carboxylic acids is 1. The molecule has 5 nitrogen and oxygen atoms in total. The summed E-state index contributed by atoms with van der Waals surface area (Å²) in [4.78, 5) is 22.4. The number of amides is 1. The summed E-state index contributed by atoms with van der Waals surface area (Å²) in [5.41, 5.74) is -0.221. The molecule has 14 heavy (non-hydrogen) atoms. The normalized spacial score (nSPS) is 9.43. The third-order valence-electron chi connectivity index (χ3n) is 1.72. The van der Waals surface area contributed by atoms with Gasteiger partial charge in [-0.2, -0.15) is 0 Å². The number of aromatic nitrogens is 2. The maximum atomic E-state index is 11.3. The van der Waals surface area contributed by atoms with E-state index in [4.69, 9.17) is 6.42 Å². The minimum absolute atomic E-state index is 0.00134. The van der Waals surface area contributed by atoms with E-state index in [1.807, 2.05) is 0 Å². The van der Waals surface area contributed by atoms with Crippen LogP contribution in [0.5, 0.6) is 0 Å². The summed E-state index contributed by atoms with van der Waals surface area (Å²) in [5.74, 6) is 2.01. The molecule has 1 aromatic heterocycles. The number of carbonyl (C=O) groups is 1. The van der Waals surface area contributed by atoms with E-state index in [1.54, 1.807) is 19.4 Å². The van der Waals surface area contributed by atoms with Crippen LogP contribution < -0.4 is 11.0 Å². The number of rotatable bonds is 3. The van der Waals surface area contributed by atoms with Crippen LogP contribution in [-0.4, -0.2) is 21.6 Å². The predicted octanol–water partition coefficient (Wildman–Crippen LogP) is -1.06. The van der Waals surface area contributed by atoms with Crippen LogP contribution in [0.25, 0.3) is 0 Å². The molecule has 0 spiro atoms. The first-order valence-electron chi connectivity index (χ1n) is 4.07. The molecule has 0 unspecified atom stereocenters. The molecular weight excluding hydrogens is 182 g/mol. The van der Waals surface area contributed by atoms with Gasteiger partial charge in [0, 0.05) is 19.4 Å². The van der Waals surface area contributed by atoms with Crippen LogP contribution in [-0.2, 0) is 18.4 Å². The fourth-order valence-corrected chi connectivity index (χ4v) is 0.991. The van der Waals surface area contributed by atoms with Crippen LogP contribution in [0.2, 0.25) is 0 Å². The number of hydrogen-bond acceptors (Lipinski definition) is 2. The average molecular weight is 193 g/mol. The van der Waals surface area contributed by atoms with Crippen molar-refractivity contribution in [3.05, 3.63) is 22.9 Å². The van der Waals surface area contributed by atoms with E-state index >= 15 is 0 Å². The van der Waals surface area contributed by atoms with Crippen molar-refractivity contribution in [2.45, 2.75) is 6.54 Å². The molecule has 0 aliphatic carbocycles. The number of aryl methyl sites for hydroxylation is 1. The van der Waals surface area contributed by atoms with Crippen molar-refractivity contribution in [2.75, 3.05) is 6.54 Å². The standard InChI is InChI=1S/C9H11N3O2/c1-3-4-10-8(13)7-12-6-5-11(2)9(12)14/h1,5-6H,4,7H2,2H3,(H,10,13). The van der Waals surface area contributed by atoms with Gasteiger partial charge in [-0.15, -0.1) is 6.42 Å². The van der Waals surface area contributed by atoms with Crippen LogP contribution in [0.3, 0.4) is 0 Å². The van der Waals surface area contributed by atoms with Gasteiger partial charge in [-0.25, -0.2) is 4.79 Å². The van der Waals surface area contributed by atoms with Gasteiger partial charge >= 0.3 is 5.69 Å². The molecule has 1 amide bonds. The summed E-state index contributed by atoms with van der Waals surface area (Å²) >= 11 is 0. The van der Waals surface area contributed by atoms with Gasteiger partial charge in [0.1, 0.15) is 6.54 Å². The Labute approximate surface area is 81.3 Å². The molecule has 0 bridgehead atoms. The van der Waals surface area contributed by atoms with Gasteiger partial charge in [0.15, 0.2) is 0 Å². The van der Waals surface area contributed by atoms with Crippen molar-refractivity contribution in [1.29, 1.82) is 0 Å². The van der Waals surface area contributed by atoms with E-state index in [0.717, 1.165) is 0 Å². The number of terminal acetylenes is 1. The first-order valence-corrected chi connectivity index (χ1v) is 4.07. The third-order valence-corrected chi connectivity index (χ3v) is 1.72. The first kappa shape index (κ1) is 10.1. The summed E-state index contributed by atoms with van der Waals surface area (Å²) in [5, 5.41) is 2.47. The zero-order chi connectivity index (χ0) is 10.6. The highest BCUT2D eigenvalue weighted by Crippen LogP contribution is 1.82. The molecular formula is C9H11N3O2. The molecule has 5 heteroatoms. The summed E-state index contributed by atoms with van der Waals surface area (Å²) in [6.45, 7) is 0.182. The Morgan fingerprint density at radius 3 is 2.86 bits per heavy atom. The van der Waals surface area contributed by atoms with Crippen molar-refractivity contribution >= 4 is 5.91 Å². The minimum atomic E-state index is -0.267. The zero-order valence-electron chi connectivity index (χ0n) is 7.86. The largest absolute Gasteiger partial charge is 0.344 e. The molecule has 1 heterocycles. The Morgan fingerprint density at radius 1 is 1.64 bits per heavy atom. The van der Waals surface area contributed by atoms with Crippen molar-refractivity contribution < 1.29 is 4.79 Å². The van der Waals surface area contributed by atoms with E-state index in [1.165, 1.54) is 9.13 Å². The summed E-state index contributed by atoms with van der Waals surface area (Å²) in [7, 11) is 1.62. The maximum absolute atomic E-state index is 11.3. The second-order valence-corrected chi connectivity index (χ2v) is 2.80. The highest BCUT2D eigenvalue weighted by molar-refractivity contribution is 5.75. The molecule has 0 atom stereocenters. The molecule has 0 radical (unpaired) electrons. The monoisotopic (exact) mass is 193 g/mol. The lowest BCUT2D eigenvalue weighted by atomic mass is 10.5. The van der Waals surface area contributed by atoms with Crippen LogP contribution in [0.4, 0.5) is 0 Å². The molecule has 1 rings (SSSR count). The highest BCUT2D eigenvalue weighted by Gasteiger charge is 2.04. The number of hydrogen-bond donors (Lipinski definition) is 1. The van der Waals surface area contributed by atoms with Gasteiger partial charge in [-0.1, -0.05) is 5.92 Å². The van der Waals surface area contributed by atoms with Crippen LogP contribution >= 0.6 is 0 Å². The topological polar surface area (TPSA) is 56.0 Å². The van der Waals surface area contributed by atoms with Crippen molar-refractivity contribution in [2.24, 2.45) is 7.05 Å². The molecule has 1 aromatic rings. The molecule has 1 N–H and O–H groups in total. The van der Waals surface area contributed by atoms with E-state index < -0.39 is 0 Å². The van der Waals surface area contributed by atoms with E-state index in [9.17, 15) is 9.59 Å². The van der Waals surface area contributed by atoms with Gasteiger partial charge in [-0.05, 0) is 0 Å². The smallest absolute Gasteiger partial charge is 0.328 e. The van der Waals surface area contributed by atoms with Gasteiger partial charge < -0.3 is 9.88 Å². The highest BCUT2D eigenvalue weighted by atomic mass is 16.2. The molecule has 0 aliphatic heterocycles. The Hall–Kier alpha value is -1.96. The summed E-state index contributed by atoms with van der Waals surface area (Å²) in [6, 6.07) is 0. The Morgan fingerprint density at radius 2 is 2.36 bits per heavy atom. The second-order valence-electron chi connectivity index (χ2n) is 2.80. The second kappa shape index (κ2) is 4.33. The fraction of sp³-hybridized carbons (Fsp3) is 0.333. The van der Waals surface area contributed by atoms with E-state index in [2.05, 4.69) is 11.2 Å². The molecule has 0 saturated carbocycles. The quantitative estimate of drug-likeness (QED) is 0.622. The average Bonchev–Trinajstić information content (AvgIpc) is 2.46. The first-order chi connectivity index (χ1) is 6.65. The SMILES string of the molecule is C#CCNC(=O)Cn1ccn(C)c1=O. The Balaban J connectivity index is 2.62. The number of nitrogens with zero attached hydrogens (tertiary/aromatic N) is 2.